The molecule has 128 valence electrons. The summed E-state index contributed by atoms with van der Waals surface area (Å²) in [5, 5.41) is 6.99. The lowest BCUT2D eigenvalue weighted by atomic mass is 10.1. The van der Waals surface area contributed by atoms with Crippen molar-refractivity contribution in [3.63, 3.8) is 0 Å². The number of rotatable bonds is 6. The largest absolute Gasteiger partial charge is 0.497 e. The van der Waals surface area contributed by atoms with E-state index in [1.807, 2.05) is 54.6 Å². The normalized spacial score (nSPS) is 10.5. The third-order valence-corrected chi connectivity index (χ3v) is 4.00. The van der Waals surface area contributed by atoms with Gasteiger partial charge in [0.1, 0.15) is 22.8 Å². The number of nitrogens with zero attached hydrogens (tertiary/aromatic N) is 1. The Morgan fingerprint density at radius 2 is 1.84 bits per heavy atom. The number of hydrogen-bond donors (Lipinski definition) is 1. The van der Waals surface area contributed by atoms with E-state index in [-0.39, 0.29) is 5.91 Å². The zero-order valence-corrected chi connectivity index (χ0v) is 14.3. The van der Waals surface area contributed by atoms with Crippen LogP contribution in [0, 0.1) is 6.92 Å². The standard InChI is InChI=1S/C20H20N2O3/c1-14-18(19(22-25-14)16-6-4-3-5-7-16)20(23)21-13-12-15-8-10-17(24-2)11-9-15/h3-11H,12-13H2,1-2H3,(H,21,23). The molecule has 0 radical (unpaired) electrons. The molecule has 3 rings (SSSR count). The maximum Gasteiger partial charge on any atom is 0.257 e. The zero-order chi connectivity index (χ0) is 17.6. The first-order chi connectivity index (χ1) is 12.2. The van der Waals surface area contributed by atoms with Gasteiger partial charge in [-0.3, -0.25) is 4.79 Å². The minimum Gasteiger partial charge on any atom is -0.497 e. The summed E-state index contributed by atoms with van der Waals surface area (Å²) in [6.45, 7) is 2.28. The lowest BCUT2D eigenvalue weighted by molar-refractivity contribution is 0.0953. The van der Waals surface area contributed by atoms with Crippen molar-refractivity contribution in [2.24, 2.45) is 0 Å². The molecular formula is C20H20N2O3. The number of carbonyl (C=O) groups is 1. The van der Waals surface area contributed by atoms with E-state index in [1.165, 1.54) is 0 Å². The molecule has 0 fully saturated rings. The highest BCUT2D eigenvalue weighted by molar-refractivity contribution is 6.00. The molecule has 5 heteroatoms. The third-order valence-electron chi connectivity index (χ3n) is 4.00. The number of amides is 1. The van der Waals surface area contributed by atoms with Crippen molar-refractivity contribution in [2.45, 2.75) is 13.3 Å². The average molecular weight is 336 g/mol. The number of nitrogens with one attached hydrogen (secondary N) is 1. The van der Waals surface area contributed by atoms with Crippen molar-refractivity contribution in [3.05, 3.63) is 71.5 Å². The molecule has 1 heterocycles. The predicted octanol–water partition coefficient (Wildman–Crippen LogP) is 3.63. The molecule has 1 aromatic heterocycles. The van der Waals surface area contributed by atoms with Gasteiger partial charge < -0.3 is 14.6 Å². The van der Waals surface area contributed by atoms with Gasteiger partial charge in [-0.2, -0.15) is 0 Å². The molecule has 0 aliphatic carbocycles. The topological polar surface area (TPSA) is 64.4 Å². The first-order valence-corrected chi connectivity index (χ1v) is 8.12. The summed E-state index contributed by atoms with van der Waals surface area (Å²) in [6, 6.07) is 17.4. The van der Waals surface area contributed by atoms with E-state index < -0.39 is 0 Å². The molecule has 0 aliphatic rings. The van der Waals surface area contributed by atoms with Gasteiger partial charge in [0.05, 0.1) is 7.11 Å². The average Bonchev–Trinajstić information content (AvgIpc) is 3.04. The number of methoxy groups -OCH3 is 1. The summed E-state index contributed by atoms with van der Waals surface area (Å²) in [5.41, 5.74) is 3.05. The predicted molar refractivity (Wildman–Crippen MR) is 95.7 cm³/mol. The Hall–Kier alpha value is -3.08. The number of benzene rings is 2. The number of ether oxygens (including phenoxy) is 1. The first-order valence-electron chi connectivity index (χ1n) is 8.12. The van der Waals surface area contributed by atoms with Crippen molar-refractivity contribution >= 4 is 5.91 Å². The minimum atomic E-state index is -0.175. The second-order valence-corrected chi connectivity index (χ2v) is 5.68. The molecule has 0 bridgehead atoms. The van der Waals surface area contributed by atoms with Crippen molar-refractivity contribution in [2.75, 3.05) is 13.7 Å². The van der Waals surface area contributed by atoms with Crippen molar-refractivity contribution < 1.29 is 14.1 Å². The van der Waals surface area contributed by atoms with E-state index >= 15 is 0 Å². The van der Waals surface area contributed by atoms with Crippen LogP contribution in [-0.4, -0.2) is 24.7 Å². The van der Waals surface area contributed by atoms with Crippen LogP contribution < -0.4 is 10.1 Å². The molecule has 0 unspecified atom stereocenters. The van der Waals surface area contributed by atoms with Gasteiger partial charge in [-0.1, -0.05) is 47.6 Å². The maximum absolute atomic E-state index is 12.6. The van der Waals surface area contributed by atoms with Crippen LogP contribution in [0.2, 0.25) is 0 Å². The van der Waals surface area contributed by atoms with Crippen LogP contribution >= 0.6 is 0 Å². The van der Waals surface area contributed by atoms with E-state index in [0.717, 1.165) is 23.3 Å². The molecule has 1 N–H and O–H groups in total. The van der Waals surface area contributed by atoms with Gasteiger partial charge in [0.25, 0.3) is 5.91 Å². The van der Waals surface area contributed by atoms with Crippen LogP contribution in [0.1, 0.15) is 21.7 Å². The molecular weight excluding hydrogens is 316 g/mol. The lowest BCUT2D eigenvalue weighted by Crippen LogP contribution is -2.26. The van der Waals surface area contributed by atoms with Crippen LogP contribution in [0.25, 0.3) is 11.3 Å². The van der Waals surface area contributed by atoms with Crippen LogP contribution in [0.3, 0.4) is 0 Å². The summed E-state index contributed by atoms with van der Waals surface area (Å²) in [7, 11) is 1.64. The van der Waals surface area contributed by atoms with E-state index in [4.69, 9.17) is 9.26 Å². The summed E-state index contributed by atoms with van der Waals surface area (Å²) in [4.78, 5) is 12.6. The number of aryl methyl sites for hydroxylation is 1. The molecule has 0 spiro atoms. The smallest absolute Gasteiger partial charge is 0.257 e. The van der Waals surface area contributed by atoms with Gasteiger partial charge in [0, 0.05) is 12.1 Å². The van der Waals surface area contributed by atoms with Crippen molar-refractivity contribution in [3.8, 4) is 17.0 Å². The second kappa shape index (κ2) is 7.66. The van der Waals surface area contributed by atoms with Gasteiger partial charge in [-0.15, -0.1) is 0 Å². The Morgan fingerprint density at radius 3 is 2.52 bits per heavy atom. The van der Waals surface area contributed by atoms with Gasteiger partial charge in [-0.25, -0.2) is 0 Å². The summed E-state index contributed by atoms with van der Waals surface area (Å²) < 4.78 is 10.4. The number of aromatic nitrogens is 1. The van der Waals surface area contributed by atoms with Crippen LogP contribution in [-0.2, 0) is 6.42 Å². The van der Waals surface area contributed by atoms with Gasteiger partial charge in [0.2, 0.25) is 0 Å². The molecule has 3 aromatic rings. The second-order valence-electron chi connectivity index (χ2n) is 5.68. The van der Waals surface area contributed by atoms with Gasteiger partial charge in [0.15, 0.2) is 0 Å². The van der Waals surface area contributed by atoms with E-state index in [0.29, 0.717) is 23.6 Å². The Bertz CT molecular complexity index is 839. The van der Waals surface area contributed by atoms with Gasteiger partial charge in [-0.05, 0) is 31.0 Å². The monoisotopic (exact) mass is 336 g/mol. The highest BCUT2D eigenvalue weighted by Crippen LogP contribution is 2.24. The number of hydrogen-bond acceptors (Lipinski definition) is 4. The van der Waals surface area contributed by atoms with E-state index in [9.17, 15) is 4.79 Å². The fraction of sp³-hybridized carbons (Fsp3) is 0.200. The van der Waals surface area contributed by atoms with Crippen molar-refractivity contribution in [1.82, 2.24) is 10.5 Å². The van der Waals surface area contributed by atoms with Crippen LogP contribution in [0.4, 0.5) is 0 Å². The van der Waals surface area contributed by atoms with Crippen LogP contribution in [0.15, 0.2) is 59.1 Å². The molecule has 0 saturated carbocycles. The fourth-order valence-corrected chi connectivity index (χ4v) is 2.63. The molecule has 0 saturated heterocycles. The highest BCUT2D eigenvalue weighted by Gasteiger charge is 2.21. The first kappa shape index (κ1) is 16.8. The molecule has 2 aromatic carbocycles. The highest BCUT2D eigenvalue weighted by atomic mass is 16.5. The Balaban J connectivity index is 1.66. The minimum absolute atomic E-state index is 0.175. The molecule has 5 nitrogen and oxygen atoms in total. The third kappa shape index (κ3) is 3.88. The Morgan fingerprint density at radius 1 is 1.12 bits per heavy atom. The Kier molecular flexibility index (Phi) is 5.14. The quantitative estimate of drug-likeness (QED) is 0.746. The molecule has 0 atom stereocenters. The number of carbonyl (C=O) groups excluding carboxylic acids is 1. The fourth-order valence-electron chi connectivity index (χ4n) is 2.63. The summed E-state index contributed by atoms with van der Waals surface area (Å²) >= 11 is 0. The molecule has 0 aliphatic heterocycles. The van der Waals surface area contributed by atoms with Gasteiger partial charge >= 0.3 is 0 Å². The zero-order valence-electron chi connectivity index (χ0n) is 14.3. The molecule has 25 heavy (non-hydrogen) atoms. The Labute approximate surface area is 146 Å². The lowest BCUT2D eigenvalue weighted by Gasteiger charge is -2.07. The van der Waals surface area contributed by atoms with Crippen molar-refractivity contribution in [1.29, 1.82) is 0 Å². The SMILES string of the molecule is COc1ccc(CCNC(=O)c2c(-c3ccccc3)noc2C)cc1. The summed E-state index contributed by atoms with van der Waals surface area (Å²) in [5.74, 6) is 1.16. The summed E-state index contributed by atoms with van der Waals surface area (Å²) in [6.07, 6.45) is 0.737. The van der Waals surface area contributed by atoms with E-state index in [2.05, 4.69) is 10.5 Å². The van der Waals surface area contributed by atoms with Crippen LogP contribution in [0.5, 0.6) is 5.75 Å². The van der Waals surface area contributed by atoms with E-state index in [1.54, 1.807) is 14.0 Å². The molecule has 1 amide bonds. The maximum atomic E-state index is 12.6.